The Balaban J connectivity index is 1.95. The highest BCUT2D eigenvalue weighted by atomic mass is 19.1. The molecule has 1 aliphatic rings. The van der Waals surface area contributed by atoms with Crippen molar-refractivity contribution in [1.82, 2.24) is 4.98 Å². The molecule has 1 aliphatic carbocycles. The Hall–Kier alpha value is -1.16. The van der Waals surface area contributed by atoms with Gasteiger partial charge in [-0.1, -0.05) is 18.9 Å². The molecule has 0 atom stereocenters. The highest BCUT2D eigenvalue weighted by Gasteiger charge is 2.32. The zero-order valence-corrected chi connectivity index (χ0v) is 9.25. The number of aliphatic hydroxyl groups is 1. The topological polar surface area (TPSA) is 45.1 Å². The van der Waals surface area contributed by atoms with Crippen molar-refractivity contribution in [3.63, 3.8) is 0 Å². The van der Waals surface area contributed by atoms with Crippen molar-refractivity contribution in [2.75, 3.05) is 18.5 Å². The van der Waals surface area contributed by atoms with Crippen LogP contribution in [0.2, 0.25) is 0 Å². The van der Waals surface area contributed by atoms with Gasteiger partial charge < -0.3 is 10.4 Å². The number of nitrogens with zero attached hydrogens (tertiary/aromatic N) is 1. The second-order valence-electron chi connectivity index (χ2n) is 4.56. The van der Waals surface area contributed by atoms with Gasteiger partial charge in [-0.25, -0.2) is 4.98 Å². The highest BCUT2D eigenvalue weighted by molar-refractivity contribution is 5.33. The monoisotopic (exact) mass is 224 g/mol. The van der Waals surface area contributed by atoms with Crippen LogP contribution in [0.4, 0.5) is 10.2 Å². The maximum Gasteiger partial charge on any atom is 0.214 e. The standard InChI is InChI=1S/C12H17FN2O/c13-10-4-3-5-11(15-10)14-8-12(9-16)6-1-2-7-12/h3-5,16H,1-2,6-9H2,(H,14,15). The quantitative estimate of drug-likeness (QED) is 0.770. The molecule has 0 spiro atoms. The van der Waals surface area contributed by atoms with Gasteiger partial charge in [0, 0.05) is 12.0 Å². The molecule has 0 aliphatic heterocycles. The number of pyridine rings is 1. The van der Waals surface area contributed by atoms with E-state index in [9.17, 15) is 9.50 Å². The molecular weight excluding hydrogens is 207 g/mol. The van der Waals surface area contributed by atoms with E-state index in [-0.39, 0.29) is 12.0 Å². The molecular formula is C12H17FN2O. The van der Waals surface area contributed by atoms with E-state index in [2.05, 4.69) is 10.3 Å². The van der Waals surface area contributed by atoms with Crippen LogP contribution < -0.4 is 5.32 Å². The molecule has 4 heteroatoms. The average Bonchev–Trinajstić information content (AvgIpc) is 2.76. The van der Waals surface area contributed by atoms with E-state index in [1.54, 1.807) is 12.1 Å². The molecule has 0 bridgehead atoms. The van der Waals surface area contributed by atoms with Crippen LogP contribution in [0.5, 0.6) is 0 Å². The third kappa shape index (κ3) is 2.50. The van der Waals surface area contributed by atoms with Crippen molar-refractivity contribution >= 4 is 5.82 Å². The van der Waals surface area contributed by atoms with Gasteiger partial charge in [-0.2, -0.15) is 4.39 Å². The van der Waals surface area contributed by atoms with Crippen LogP contribution in [0.25, 0.3) is 0 Å². The maximum atomic E-state index is 12.8. The molecule has 2 N–H and O–H groups in total. The smallest absolute Gasteiger partial charge is 0.214 e. The van der Waals surface area contributed by atoms with Gasteiger partial charge in [0.15, 0.2) is 0 Å². The Morgan fingerprint density at radius 3 is 2.75 bits per heavy atom. The fraction of sp³-hybridized carbons (Fsp3) is 0.583. The average molecular weight is 224 g/mol. The molecule has 0 amide bonds. The Bertz CT molecular complexity index is 351. The lowest BCUT2D eigenvalue weighted by molar-refractivity contribution is 0.142. The highest BCUT2D eigenvalue weighted by Crippen LogP contribution is 2.37. The van der Waals surface area contributed by atoms with Crippen LogP contribution in [0.1, 0.15) is 25.7 Å². The SMILES string of the molecule is OCC1(CNc2cccc(F)n2)CCCC1. The Morgan fingerprint density at radius 2 is 2.12 bits per heavy atom. The minimum atomic E-state index is -0.477. The molecule has 1 fully saturated rings. The minimum absolute atomic E-state index is 0.0337. The fourth-order valence-corrected chi connectivity index (χ4v) is 2.30. The predicted octanol–water partition coefficient (Wildman–Crippen LogP) is 2.19. The first kappa shape index (κ1) is 11.3. The van der Waals surface area contributed by atoms with Crippen molar-refractivity contribution in [3.05, 3.63) is 24.1 Å². The summed E-state index contributed by atoms with van der Waals surface area (Å²) in [7, 11) is 0. The van der Waals surface area contributed by atoms with Crippen LogP contribution in [-0.2, 0) is 0 Å². The molecule has 16 heavy (non-hydrogen) atoms. The van der Waals surface area contributed by atoms with Crippen molar-refractivity contribution in [2.24, 2.45) is 5.41 Å². The lowest BCUT2D eigenvalue weighted by atomic mass is 9.87. The number of aromatic nitrogens is 1. The van der Waals surface area contributed by atoms with Gasteiger partial charge >= 0.3 is 0 Å². The van der Waals surface area contributed by atoms with Crippen LogP contribution in [0.3, 0.4) is 0 Å². The summed E-state index contributed by atoms with van der Waals surface area (Å²) in [5, 5.41) is 12.5. The maximum absolute atomic E-state index is 12.8. The Kier molecular flexibility index (Phi) is 3.39. The fourth-order valence-electron chi connectivity index (χ4n) is 2.30. The second-order valence-corrected chi connectivity index (χ2v) is 4.56. The zero-order chi connectivity index (χ0) is 11.4. The van der Waals surface area contributed by atoms with Gasteiger partial charge in [-0.05, 0) is 25.0 Å². The first-order valence-corrected chi connectivity index (χ1v) is 5.71. The molecule has 3 nitrogen and oxygen atoms in total. The molecule has 0 saturated heterocycles. The summed E-state index contributed by atoms with van der Waals surface area (Å²) >= 11 is 0. The molecule has 1 saturated carbocycles. The largest absolute Gasteiger partial charge is 0.396 e. The van der Waals surface area contributed by atoms with Crippen LogP contribution in [0, 0.1) is 11.4 Å². The number of anilines is 1. The third-order valence-corrected chi connectivity index (χ3v) is 3.36. The predicted molar refractivity (Wildman–Crippen MR) is 60.7 cm³/mol. The van der Waals surface area contributed by atoms with Crippen molar-refractivity contribution < 1.29 is 9.50 Å². The van der Waals surface area contributed by atoms with Crippen LogP contribution in [-0.4, -0.2) is 23.2 Å². The molecule has 0 unspecified atom stereocenters. The van der Waals surface area contributed by atoms with Crippen LogP contribution in [0.15, 0.2) is 18.2 Å². The molecule has 2 rings (SSSR count). The lowest BCUT2D eigenvalue weighted by Crippen LogP contribution is -2.30. The first-order chi connectivity index (χ1) is 7.74. The summed E-state index contributed by atoms with van der Waals surface area (Å²) in [6.07, 6.45) is 4.40. The zero-order valence-electron chi connectivity index (χ0n) is 9.25. The van der Waals surface area contributed by atoms with Gasteiger partial charge in [-0.3, -0.25) is 0 Å². The number of nitrogens with one attached hydrogen (secondary N) is 1. The number of halogens is 1. The summed E-state index contributed by atoms with van der Waals surface area (Å²) in [5.74, 6) is 0.0641. The van der Waals surface area contributed by atoms with Gasteiger partial charge in [0.25, 0.3) is 0 Å². The Morgan fingerprint density at radius 1 is 1.38 bits per heavy atom. The van der Waals surface area contributed by atoms with E-state index in [4.69, 9.17) is 0 Å². The van der Waals surface area contributed by atoms with Crippen molar-refractivity contribution in [3.8, 4) is 0 Å². The van der Waals surface area contributed by atoms with Gasteiger partial charge in [-0.15, -0.1) is 0 Å². The lowest BCUT2D eigenvalue weighted by Gasteiger charge is -2.26. The number of hydrogen-bond donors (Lipinski definition) is 2. The van der Waals surface area contributed by atoms with Crippen molar-refractivity contribution in [1.29, 1.82) is 0 Å². The summed E-state index contributed by atoms with van der Waals surface area (Å²) in [6.45, 7) is 0.856. The van der Waals surface area contributed by atoms with E-state index in [0.717, 1.165) is 12.8 Å². The van der Waals surface area contributed by atoms with Crippen LogP contribution >= 0.6 is 0 Å². The van der Waals surface area contributed by atoms with Crippen molar-refractivity contribution in [2.45, 2.75) is 25.7 Å². The van der Waals surface area contributed by atoms with E-state index in [1.807, 2.05) is 0 Å². The molecule has 1 aromatic rings. The molecule has 88 valence electrons. The summed E-state index contributed by atoms with van der Waals surface area (Å²) in [6, 6.07) is 4.69. The number of rotatable bonds is 4. The minimum Gasteiger partial charge on any atom is -0.396 e. The number of aliphatic hydroxyl groups excluding tert-OH is 1. The van der Waals surface area contributed by atoms with Gasteiger partial charge in [0.2, 0.25) is 5.95 Å². The first-order valence-electron chi connectivity index (χ1n) is 5.71. The molecule has 0 aromatic carbocycles. The molecule has 0 radical (unpaired) electrons. The van der Waals surface area contributed by atoms with Gasteiger partial charge in [0.1, 0.15) is 5.82 Å². The van der Waals surface area contributed by atoms with E-state index < -0.39 is 5.95 Å². The van der Waals surface area contributed by atoms with E-state index >= 15 is 0 Å². The Labute approximate surface area is 94.7 Å². The molecule has 1 aromatic heterocycles. The number of hydrogen-bond acceptors (Lipinski definition) is 3. The summed E-state index contributed by atoms with van der Waals surface area (Å²) < 4.78 is 12.8. The van der Waals surface area contributed by atoms with E-state index in [1.165, 1.54) is 18.9 Å². The van der Waals surface area contributed by atoms with E-state index in [0.29, 0.717) is 12.4 Å². The van der Waals surface area contributed by atoms with Gasteiger partial charge in [0.05, 0.1) is 6.61 Å². The third-order valence-electron chi connectivity index (χ3n) is 3.36. The summed E-state index contributed by atoms with van der Waals surface area (Å²) in [5.41, 5.74) is -0.0337. The normalized spacial score (nSPS) is 18.6. The summed E-state index contributed by atoms with van der Waals surface area (Å²) in [4.78, 5) is 3.74. The molecule has 1 heterocycles. The second kappa shape index (κ2) is 4.78.